The number of ether oxygens (including phenoxy) is 1. The van der Waals surface area contributed by atoms with E-state index in [-0.39, 0.29) is 11.9 Å². The molecule has 0 aromatic carbocycles. The second-order valence-corrected chi connectivity index (χ2v) is 3.77. The van der Waals surface area contributed by atoms with Gasteiger partial charge in [-0.1, -0.05) is 13.8 Å². The number of hydrogen-bond acceptors (Lipinski definition) is 2. The Balaban J connectivity index is 2.40. The van der Waals surface area contributed by atoms with Gasteiger partial charge >= 0.3 is 0 Å². The van der Waals surface area contributed by atoms with Gasteiger partial charge in [0, 0.05) is 12.5 Å². The zero-order valence-electron chi connectivity index (χ0n) is 8.46. The topological polar surface area (TPSA) is 38.3 Å². The summed E-state index contributed by atoms with van der Waals surface area (Å²) in [6.07, 6.45) is 2.29. The summed E-state index contributed by atoms with van der Waals surface area (Å²) in [5.41, 5.74) is 0.757. The van der Waals surface area contributed by atoms with Gasteiger partial charge in [-0.05, 0) is 12.8 Å². The Labute approximate surface area is 79.2 Å². The van der Waals surface area contributed by atoms with Gasteiger partial charge in [0.25, 0.3) is 5.91 Å². The maximum atomic E-state index is 11.5. The molecule has 1 rings (SSSR count). The first-order chi connectivity index (χ1) is 6.11. The second-order valence-electron chi connectivity index (χ2n) is 3.77. The van der Waals surface area contributed by atoms with Crippen LogP contribution in [0.5, 0.6) is 0 Å². The summed E-state index contributed by atoms with van der Waals surface area (Å²) < 4.78 is 5.00. The van der Waals surface area contributed by atoms with E-state index >= 15 is 0 Å². The Morgan fingerprint density at radius 3 is 2.69 bits per heavy atom. The van der Waals surface area contributed by atoms with Crippen LogP contribution < -0.4 is 5.32 Å². The van der Waals surface area contributed by atoms with Crippen molar-refractivity contribution in [1.29, 1.82) is 0 Å². The minimum absolute atomic E-state index is 0.0127. The molecule has 0 spiro atoms. The van der Waals surface area contributed by atoms with Gasteiger partial charge in [-0.2, -0.15) is 0 Å². The Bertz CT molecular complexity index is 221. The van der Waals surface area contributed by atoms with Crippen LogP contribution in [0.15, 0.2) is 11.8 Å². The average molecular weight is 183 g/mol. The summed E-state index contributed by atoms with van der Waals surface area (Å²) in [6, 6.07) is 0.217. The van der Waals surface area contributed by atoms with E-state index in [1.54, 1.807) is 6.26 Å². The fourth-order valence-electron chi connectivity index (χ4n) is 1.02. The van der Waals surface area contributed by atoms with Crippen molar-refractivity contribution in [2.24, 2.45) is 5.92 Å². The van der Waals surface area contributed by atoms with Gasteiger partial charge in [-0.3, -0.25) is 4.79 Å². The molecule has 0 aliphatic carbocycles. The normalized spacial score (nSPS) is 18.0. The van der Waals surface area contributed by atoms with E-state index in [1.807, 2.05) is 6.92 Å². The maximum Gasteiger partial charge on any atom is 0.250 e. The van der Waals surface area contributed by atoms with Gasteiger partial charge in [0.2, 0.25) is 0 Å². The number of carbonyl (C=O) groups excluding carboxylic acids is 1. The molecule has 1 aliphatic rings. The quantitative estimate of drug-likeness (QED) is 0.719. The van der Waals surface area contributed by atoms with Crippen molar-refractivity contribution in [1.82, 2.24) is 5.32 Å². The molecule has 3 nitrogen and oxygen atoms in total. The molecule has 1 atom stereocenters. The predicted molar refractivity (Wildman–Crippen MR) is 51.1 cm³/mol. The maximum absolute atomic E-state index is 11.5. The monoisotopic (exact) mass is 183 g/mol. The number of nitrogens with one attached hydrogen (secondary N) is 1. The van der Waals surface area contributed by atoms with E-state index < -0.39 is 0 Å². The van der Waals surface area contributed by atoms with E-state index in [0.717, 1.165) is 12.0 Å². The van der Waals surface area contributed by atoms with Crippen molar-refractivity contribution in [2.45, 2.75) is 33.2 Å². The molecule has 0 aromatic rings. The van der Waals surface area contributed by atoms with Gasteiger partial charge in [0.05, 0.1) is 18.4 Å². The van der Waals surface area contributed by atoms with Crippen LogP contribution in [-0.4, -0.2) is 18.6 Å². The third-order valence-electron chi connectivity index (χ3n) is 2.37. The first-order valence-electron chi connectivity index (χ1n) is 4.72. The first kappa shape index (κ1) is 10.1. The molecule has 13 heavy (non-hydrogen) atoms. The first-order valence-corrected chi connectivity index (χ1v) is 4.72. The van der Waals surface area contributed by atoms with E-state index in [9.17, 15) is 4.79 Å². The van der Waals surface area contributed by atoms with E-state index in [0.29, 0.717) is 12.5 Å². The Hall–Kier alpha value is -0.990. The molecule has 74 valence electrons. The molecule has 0 bridgehead atoms. The molecule has 0 fully saturated rings. The van der Waals surface area contributed by atoms with Crippen LogP contribution in [0.1, 0.15) is 27.2 Å². The SMILES string of the molecule is CC(C)C(C)NC(=O)C1=COCC1. The van der Waals surface area contributed by atoms with Crippen LogP contribution in [-0.2, 0) is 9.53 Å². The Kier molecular flexibility index (Phi) is 3.34. The molecule has 0 saturated carbocycles. The fourth-order valence-corrected chi connectivity index (χ4v) is 1.02. The van der Waals surface area contributed by atoms with Gasteiger partial charge in [-0.15, -0.1) is 0 Å². The molecular weight excluding hydrogens is 166 g/mol. The highest BCUT2D eigenvalue weighted by molar-refractivity contribution is 5.93. The average Bonchev–Trinajstić information content (AvgIpc) is 2.55. The van der Waals surface area contributed by atoms with Gasteiger partial charge in [0.15, 0.2) is 0 Å². The standard InChI is InChI=1S/C10H17NO2/c1-7(2)8(3)11-10(12)9-4-5-13-6-9/h6-8H,4-5H2,1-3H3,(H,11,12). The predicted octanol–water partition coefficient (Wildman–Crippen LogP) is 1.45. The molecule has 0 aromatic heterocycles. The van der Waals surface area contributed by atoms with Crippen molar-refractivity contribution in [2.75, 3.05) is 6.61 Å². The number of amides is 1. The van der Waals surface area contributed by atoms with Crippen molar-refractivity contribution in [3.8, 4) is 0 Å². The van der Waals surface area contributed by atoms with Crippen molar-refractivity contribution in [3.05, 3.63) is 11.8 Å². The third kappa shape index (κ3) is 2.76. The summed E-state index contributed by atoms with van der Waals surface area (Å²) in [7, 11) is 0. The molecule has 1 aliphatic heterocycles. The van der Waals surface area contributed by atoms with Gasteiger partial charge < -0.3 is 10.1 Å². The molecule has 1 unspecified atom stereocenters. The lowest BCUT2D eigenvalue weighted by atomic mass is 10.1. The molecule has 0 radical (unpaired) electrons. The summed E-state index contributed by atoms with van der Waals surface area (Å²) >= 11 is 0. The van der Waals surface area contributed by atoms with Crippen molar-refractivity contribution < 1.29 is 9.53 Å². The smallest absolute Gasteiger partial charge is 0.250 e. The Morgan fingerprint density at radius 2 is 2.23 bits per heavy atom. The minimum atomic E-state index is 0.0127. The largest absolute Gasteiger partial charge is 0.500 e. The number of carbonyl (C=O) groups is 1. The number of rotatable bonds is 3. The lowest BCUT2D eigenvalue weighted by Crippen LogP contribution is -2.36. The highest BCUT2D eigenvalue weighted by Gasteiger charge is 2.17. The van der Waals surface area contributed by atoms with Crippen LogP contribution in [0.4, 0.5) is 0 Å². The van der Waals surface area contributed by atoms with Crippen LogP contribution >= 0.6 is 0 Å². The van der Waals surface area contributed by atoms with Crippen LogP contribution in [0.3, 0.4) is 0 Å². The third-order valence-corrected chi connectivity index (χ3v) is 2.37. The van der Waals surface area contributed by atoms with Crippen LogP contribution in [0.2, 0.25) is 0 Å². The van der Waals surface area contributed by atoms with Crippen LogP contribution in [0.25, 0.3) is 0 Å². The minimum Gasteiger partial charge on any atom is -0.500 e. The second kappa shape index (κ2) is 4.30. The molecule has 1 N–H and O–H groups in total. The lowest BCUT2D eigenvalue weighted by Gasteiger charge is -2.17. The summed E-state index contributed by atoms with van der Waals surface area (Å²) in [6.45, 7) is 6.83. The van der Waals surface area contributed by atoms with Crippen molar-refractivity contribution in [3.63, 3.8) is 0 Å². The zero-order chi connectivity index (χ0) is 9.84. The highest BCUT2D eigenvalue weighted by atomic mass is 16.5. The lowest BCUT2D eigenvalue weighted by molar-refractivity contribution is -0.118. The molecular formula is C10H17NO2. The number of hydrogen-bond donors (Lipinski definition) is 1. The molecule has 1 amide bonds. The summed E-state index contributed by atoms with van der Waals surface area (Å²) in [5, 5.41) is 2.93. The summed E-state index contributed by atoms with van der Waals surface area (Å²) in [5.74, 6) is 0.477. The molecule has 3 heteroatoms. The zero-order valence-corrected chi connectivity index (χ0v) is 8.46. The van der Waals surface area contributed by atoms with E-state index in [4.69, 9.17) is 4.74 Å². The Morgan fingerprint density at radius 1 is 1.54 bits per heavy atom. The molecule has 1 heterocycles. The fraction of sp³-hybridized carbons (Fsp3) is 0.700. The summed E-state index contributed by atoms with van der Waals surface area (Å²) in [4.78, 5) is 11.5. The van der Waals surface area contributed by atoms with E-state index in [2.05, 4.69) is 19.2 Å². The van der Waals surface area contributed by atoms with Gasteiger partial charge in [0.1, 0.15) is 0 Å². The van der Waals surface area contributed by atoms with E-state index in [1.165, 1.54) is 0 Å². The van der Waals surface area contributed by atoms with Crippen LogP contribution in [0, 0.1) is 5.92 Å². The highest BCUT2D eigenvalue weighted by Crippen LogP contribution is 2.11. The van der Waals surface area contributed by atoms with Gasteiger partial charge in [-0.25, -0.2) is 0 Å². The van der Waals surface area contributed by atoms with Crippen molar-refractivity contribution >= 4 is 5.91 Å². The molecule has 0 saturated heterocycles.